The number of halogens is 4. The molecule has 0 bridgehead atoms. The largest absolute Gasteiger partial charge is 0.479 e. The number of imidazole rings is 4. The maximum Gasteiger partial charge on any atom is 0.407 e. The molecule has 2 aliphatic carbocycles. The Morgan fingerprint density at radius 3 is 1.24 bits per heavy atom. The number of alkyl carbamates (subject to hydrolysis) is 4. The normalized spacial score (nSPS) is 17.7. The molecule has 31 nitrogen and oxygen atoms in total. The highest BCUT2D eigenvalue weighted by Gasteiger charge is 2.48. The molecule has 4 fully saturated rings. The number of alkyl halides is 4. The minimum atomic E-state index is -3.32. The van der Waals surface area contributed by atoms with Gasteiger partial charge in [-0.2, -0.15) is 17.6 Å². The number of aliphatic carboxylic acids is 1. The van der Waals surface area contributed by atoms with E-state index in [1.54, 1.807) is 108 Å². The maximum absolute atomic E-state index is 16.6. The number of carboxylic acids is 1. The molecule has 8 atom stereocenters. The molecule has 4 aliphatic heterocycles. The average molecular weight is 1850 g/mol. The number of rotatable bonds is 24. The van der Waals surface area contributed by atoms with Gasteiger partial charge in [-0.3, -0.25) is 14.4 Å². The van der Waals surface area contributed by atoms with E-state index < -0.39 is 78.4 Å². The molecule has 4 aromatic heterocycles. The van der Waals surface area contributed by atoms with Crippen LogP contribution in [0.1, 0.15) is 172 Å². The van der Waals surface area contributed by atoms with Crippen LogP contribution in [0.15, 0.2) is 182 Å². The molecule has 8 heterocycles. The topological polar surface area (TPSA) is 414 Å². The number of fused-ring (bicyclic) bond motifs is 8. The average Bonchev–Trinajstić information content (AvgIpc) is 1.57. The second-order valence-electron chi connectivity index (χ2n) is 35.0. The number of benzene rings is 8. The third kappa shape index (κ3) is 20.2. The van der Waals surface area contributed by atoms with Crippen LogP contribution in [0.2, 0.25) is 0 Å². The van der Waals surface area contributed by atoms with Crippen LogP contribution in [-0.4, -0.2) is 178 Å². The Bertz CT molecular complexity index is 6360. The van der Waals surface area contributed by atoms with Gasteiger partial charge in [0.05, 0.1) is 98.5 Å². The van der Waals surface area contributed by atoms with Gasteiger partial charge in [0.25, 0.3) is 17.8 Å². The van der Waals surface area contributed by atoms with Crippen molar-refractivity contribution in [3.05, 3.63) is 239 Å². The summed E-state index contributed by atoms with van der Waals surface area (Å²) in [5.74, 6) is -6.75. The smallest absolute Gasteiger partial charge is 0.407 e. The summed E-state index contributed by atoms with van der Waals surface area (Å²) in [5, 5.41) is 28.8. The van der Waals surface area contributed by atoms with E-state index in [2.05, 4.69) is 71.9 Å². The lowest BCUT2D eigenvalue weighted by molar-refractivity contribution is -0.139. The van der Waals surface area contributed by atoms with Crippen molar-refractivity contribution in [1.29, 1.82) is 0 Å². The minimum absolute atomic E-state index is 0.0322. The summed E-state index contributed by atoms with van der Waals surface area (Å²) in [6, 6.07) is 44.2. The predicted octanol–water partition coefficient (Wildman–Crippen LogP) is 16.8. The molecule has 135 heavy (non-hydrogen) atoms. The first-order chi connectivity index (χ1) is 65.1. The van der Waals surface area contributed by atoms with Crippen molar-refractivity contribution < 1.29 is 89.4 Å². The third-order valence-corrected chi connectivity index (χ3v) is 25.9. The molecule has 0 spiro atoms. The number of nitrogens with one attached hydrogen (secondary N) is 11. The highest BCUT2D eigenvalue weighted by molar-refractivity contribution is 5.92. The van der Waals surface area contributed by atoms with Crippen molar-refractivity contribution in [2.24, 2.45) is 23.7 Å². The number of methoxy groups -OCH3 is 4. The quantitative estimate of drug-likeness (QED) is 0.0197. The molecule has 12 N–H and O–H groups in total. The summed E-state index contributed by atoms with van der Waals surface area (Å²) in [4.78, 5) is 134. The van der Waals surface area contributed by atoms with Crippen molar-refractivity contribution in [3.63, 3.8) is 0 Å². The summed E-state index contributed by atoms with van der Waals surface area (Å²) in [5.41, 5.74) is 10.7. The monoisotopic (exact) mass is 1850 g/mol. The Morgan fingerprint density at radius 1 is 0.444 bits per heavy atom. The van der Waals surface area contributed by atoms with Crippen LogP contribution in [0.3, 0.4) is 0 Å². The Labute approximate surface area is 774 Å². The molecule has 8 aromatic carbocycles. The van der Waals surface area contributed by atoms with Crippen molar-refractivity contribution in [2.45, 2.75) is 139 Å². The van der Waals surface area contributed by atoms with Crippen molar-refractivity contribution >= 4 is 70.1 Å². The van der Waals surface area contributed by atoms with Crippen molar-refractivity contribution in [1.82, 2.24) is 82.0 Å². The van der Waals surface area contributed by atoms with Crippen LogP contribution in [0.5, 0.6) is 0 Å². The van der Waals surface area contributed by atoms with Crippen LogP contribution in [0.25, 0.3) is 89.1 Å². The lowest BCUT2D eigenvalue weighted by atomic mass is 9.90. The maximum atomic E-state index is 16.6. The van der Waals surface area contributed by atoms with Crippen LogP contribution >= 0.6 is 0 Å². The molecular formula is C100H106F4N16O15. The third-order valence-electron chi connectivity index (χ3n) is 25.9. The first-order valence-electron chi connectivity index (χ1n) is 45.1. The summed E-state index contributed by atoms with van der Waals surface area (Å²) < 4.78 is 95.7. The Balaban J connectivity index is 0.000000173. The number of aromatic amines is 4. The first kappa shape index (κ1) is 93.9. The van der Waals surface area contributed by atoms with Crippen molar-refractivity contribution in [2.75, 3.05) is 68.0 Å². The fraction of sp³-hybridized carbons (Fsp3) is 0.360. The number of hydrogen-bond acceptors (Lipinski definition) is 19. The fourth-order valence-electron chi connectivity index (χ4n) is 18.6. The lowest BCUT2D eigenvalue weighted by Crippen LogP contribution is -2.53. The zero-order valence-corrected chi connectivity index (χ0v) is 75.6. The van der Waals surface area contributed by atoms with E-state index in [1.807, 2.05) is 88.4 Å². The number of H-pyrrole nitrogens is 4. The van der Waals surface area contributed by atoms with Gasteiger partial charge < -0.3 is 95.6 Å². The van der Waals surface area contributed by atoms with Gasteiger partial charge in [-0.25, -0.2) is 43.9 Å². The van der Waals surface area contributed by atoms with E-state index in [0.29, 0.717) is 166 Å². The number of likely N-dealkylation sites (tertiary alicyclic amines) is 1. The standard InChI is InChI=1S/C50H52F2N8O7.C40H43F2N7O4.C10H11NO4/c1-27(2)41(57-46(61)42(58-48(63)65-3)29-18-21-67-22-19-29)45-53-26-39(56-45)32-13-16-34-33-15-12-30(23-35(33)50(51,52)36(34)24-32)31-14-17-37-38(25-31)55-44(54-37)40-11-8-20-60(40)47(62)43(59-49(64)66-4)28-9-6-5-7-10-28;1-21(2)34(48-38(50)35(49-39(51)52-3)22-12-15-53-16-13-22)37-44-20-33(47-37)25-7-10-27-26-9-6-23(17-28(26)40(41,42)29(27)18-25)24-8-11-30-32(19-24)46-36(45-30)31-5-4-14-43-31;1-15-10(14)11-8(9(12)13)7-5-3-2-4-6-7/h5-7,9-10,12-17,23-27,29,40-43H,8,11,18-22H2,1-4H3,(H,53,56)(H,54,55)(H,57,61)(H,58,63)(H,59,64);6-11,17-22,31,34-35,43H,4-5,12-16H2,1-3H3,(H,44,47)(H,45,46)(H,48,50)(H,49,51);2-6,8H,1H3,(H,11,14)(H,12,13)/t40-,41-,42-,43+;31-,34-,35-;8-/m001/s1. The fourth-order valence-corrected chi connectivity index (χ4v) is 18.6. The predicted molar refractivity (Wildman–Crippen MR) is 493 cm³/mol. The Hall–Kier alpha value is -14.3. The molecule has 0 unspecified atom stereocenters. The van der Waals surface area contributed by atoms with Crippen LogP contribution in [-0.2, 0) is 59.4 Å². The van der Waals surface area contributed by atoms with Crippen LogP contribution < -0.4 is 37.2 Å². The van der Waals surface area contributed by atoms with Gasteiger partial charge in [-0.15, -0.1) is 0 Å². The molecule has 0 radical (unpaired) electrons. The molecule has 0 saturated carbocycles. The number of ether oxygens (including phenoxy) is 6. The van der Waals surface area contributed by atoms with Gasteiger partial charge in [0.15, 0.2) is 6.04 Å². The minimum Gasteiger partial charge on any atom is -0.479 e. The molecule has 18 rings (SSSR count). The van der Waals surface area contributed by atoms with E-state index in [4.69, 9.17) is 38.8 Å². The van der Waals surface area contributed by atoms with Gasteiger partial charge >= 0.3 is 30.3 Å². The van der Waals surface area contributed by atoms with E-state index in [-0.39, 0.29) is 75.7 Å². The summed E-state index contributed by atoms with van der Waals surface area (Å²) >= 11 is 0. The highest BCUT2D eigenvalue weighted by Crippen LogP contribution is 2.55. The van der Waals surface area contributed by atoms with Gasteiger partial charge in [-0.05, 0) is 186 Å². The number of carbonyl (C=O) groups is 8. The Kier molecular flexibility index (Phi) is 28.3. The van der Waals surface area contributed by atoms with E-state index in [0.717, 1.165) is 48.2 Å². The van der Waals surface area contributed by atoms with E-state index in [9.17, 15) is 38.4 Å². The van der Waals surface area contributed by atoms with Gasteiger partial charge in [0.1, 0.15) is 41.4 Å². The summed E-state index contributed by atoms with van der Waals surface area (Å²) in [6.45, 7) is 11.2. The molecule has 35 heteroatoms. The van der Waals surface area contributed by atoms with Gasteiger partial charge in [-0.1, -0.05) is 149 Å². The molecule has 704 valence electrons. The van der Waals surface area contributed by atoms with Gasteiger partial charge in [0.2, 0.25) is 11.8 Å². The number of aromatic nitrogens is 8. The number of carboxylic acid groups (broad SMARTS) is 1. The molecule has 12 aromatic rings. The second-order valence-corrected chi connectivity index (χ2v) is 35.0. The van der Waals surface area contributed by atoms with E-state index in [1.165, 1.54) is 46.6 Å². The molecule has 4 saturated heterocycles. The number of amides is 7. The first-order valence-corrected chi connectivity index (χ1v) is 45.1. The zero-order valence-electron chi connectivity index (χ0n) is 75.6. The summed E-state index contributed by atoms with van der Waals surface area (Å²) in [6.07, 6.45) is 6.25. The Morgan fingerprint density at radius 2 is 0.830 bits per heavy atom. The number of hydrogen-bond donors (Lipinski definition) is 12. The van der Waals surface area contributed by atoms with Crippen LogP contribution in [0.4, 0.5) is 36.7 Å². The highest BCUT2D eigenvalue weighted by atomic mass is 19.3. The molecule has 6 aliphatic rings. The van der Waals surface area contributed by atoms with Crippen molar-refractivity contribution in [3.8, 4) is 67.0 Å². The summed E-state index contributed by atoms with van der Waals surface area (Å²) in [7, 11) is 4.93. The molecular weight excluding hydrogens is 1740 g/mol. The number of carbonyl (C=O) groups excluding carboxylic acids is 7. The second kappa shape index (κ2) is 40.6. The van der Waals surface area contributed by atoms with Crippen LogP contribution in [0, 0.1) is 23.7 Å². The SMILES string of the molecule is COC(=O)N[C@@H](C(=O)O)c1ccccc1.COC(=O)N[C@H](C(=O)N[C@H](c1ncc(-c2ccc3c(c2)C(F)(F)c2cc(-c4ccc5nc([C@@H]6CCCN6)[nH]c5c4)ccc2-3)[nH]1)C(C)C)C1CCOCC1.COC(=O)N[C@H](C(=O)N[C@H](c1ncc(-c2ccc3c(c2)C(F)(F)c2cc(-c4ccc5nc([C@@H]6CCCN6C(=O)[C@H](NC(=O)OC)c6ccccc6)[nH]c5c4)ccc2-3)[nH]1)C(C)C)C1CCOCC1. The lowest BCUT2D eigenvalue weighted by Gasteiger charge is -2.31. The zero-order chi connectivity index (χ0) is 95.1. The molecule has 7 amide bonds. The number of nitrogens with zero attached hydrogens (tertiary/aromatic N) is 5. The van der Waals surface area contributed by atoms with Gasteiger partial charge in [0, 0.05) is 66.4 Å². The van der Waals surface area contributed by atoms with E-state index >= 15 is 17.6 Å².